The Morgan fingerprint density at radius 3 is 2.76 bits per heavy atom. The summed E-state index contributed by atoms with van der Waals surface area (Å²) in [6, 6.07) is 5.07. The lowest BCUT2D eigenvalue weighted by Gasteiger charge is -2.32. The number of fused-ring (bicyclic) bond motifs is 1. The number of ether oxygens (including phenoxy) is 3. The summed E-state index contributed by atoms with van der Waals surface area (Å²) >= 11 is 0. The largest absolute Gasteiger partial charge is 0.443 e. The van der Waals surface area contributed by atoms with Gasteiger partial charge < -0.3 is 24.1 Å². The maximum Gasteiger partial charge on any atom is 0.415 e. The van der Waals surface area contributed by atoms with Gasteiger partial charge in [0.2, 0.25) is 0 Å². The second-order valence-electron chi connectivity index (χ2n) is 11.5. The summed E-state index contributed by atoms with van der Waals surface area (Å²) in [5.74, 6) is 0.704. The van der Waals surface area contributed by atoms with Crippen molar-refractivity contribution >= 4 is 29.1 Å². The maximum absolute atomic E-state index is 13.6. The molecule has 4 aromatic heterocycles. The summed E-state index contributed by atoms with van der Waals surface area (Å²) in [5, 5.41) is 16.2. The highest BCUT2D eigenvalue weighted by atomic mass is 16.6. The van der Waals surface area contributed by atoms with Gasteiger partial charge in [-0.05, 0) is 53.2 Å². The van der Waals surface area contributed by atoms with Crippen LogP contribution in [0.1, 0.15) is 53.1 Å². The third-order valence-corrected chi connectivity index (χ3v) is 6.95. The Bertz CT molecular complexity index is 1630. The Morgan fingerprint density at radius 2 is 2.07 bits per heavy atom. The first-order chi connectivity index (χ1) is 20.0. The minimum absolute atomic E-state index is 0.112. The molecule has 2 atom stereocenters. The zero-order valence-corrected chi connectivity index (χ0v) is 24.9. The number of pyridine rings is 1. The second kappa shape index (κ2) is 11.5. The van der Waals surface area contributed by atoms with Crippen molar-refractivity contribution in [2.24, 2.45) is 0 Å². The maximum atomic E-state index is 13.6. The smallest absolute Gasteiger partial charge is 0.415 e. The van der Waals surface area contributed by atoms with Crippen LogP contribution in [0.5, 0.6) is 0 Å². The van der Waals surface area contributed by atoms with Gasteiger partial charge in [-0.3, -0.25) is 9.69 Å². The van der Waals surface area contributed by atoms with Gasteiger partial charge >= 0.3 is 6.09 Å². The van der Waals surface area contributed by atoms with E-state index in [2.05, 4.69) is 20.7 Å². The van der Waals surface area contributed by atoms with Gasteiger partial charge in [-0.25, -0.2) is 14.5 Å². The normalized spacial score (nSPS) is 17.5. The SMILES string of the molecule is CO[C@H]1COCCC1n1cccc(Nc2cc(N(C)C(=O)OC(C)(C)C)n3ncc(-c4cn(C(C)C)nn4)c3n2)c1=O. The van der Waals surface area contributed by atoms with Crippen molar-refractivity contribution in [1.29, 1.82) is 0 Å². The third kappa shape index (κ3) is 5.85. The molecule has 14 nitrogen and oxygen atoms in total. The van der Waals surface area contributed by atoms with E-state index in [4.69, 9.17) is 19.2 Å². The van der Waals surface area contributed by atoms with Gasteiger partial charge in [0, 0.05) is 39.1 Å². The lowest BCUT2D eigenvalue weighted by Crippen LogP contribution is -2.40. The number of hydrogen-bond acceptors (Lipinski definition) is 10. The molecule has 1 aliphatic heterocycles. The molecule has 1 saturated heterocycles. The van der Waals surface area contributed by atoms with Gasteiger partial charge in [-0.2, -0.15) is 9.61 Å². The summed E-state index contributed by atoms with van der Waals surface area (Å²) in [6.07, 6.45) is 5.02. The van der Waals surface area contributed by atoms with Gasteiger partial charge in [0.1, 0.15) is 34.7 Å². The molecule has 1 amide bonds. The molecule has 1 unspecified atom stereocenters. The first-order valence-corrected chi connectivity index (χ1v) is 13.8. The van der Waals surface area contributed by atoms with Crippen LogP contribution >= 0.6 is 0 Å². The predicted molar refractivity (Wildman–Crippen MR) is 156 cm³/mol. The number of carbonyl (C=O) groups is 1. The van der Waals surface area contributed by atoms with E-state index in [1.165, 1.54) is 9.42 Å². The number of rotatable bonds is 7. The fourth-order valence-electron chi connectivity index (χ4n) is 4.76. The van der Waals surface area contributed by atoms with Crippen LogP contribution in [0.2, 0.25) is 0 Å². The first kappa shape index (κ1) is 29.2. The van der Waals surface area contributed by atoms with Crippen LogP contribution < -0.4 is 15.8 Å². The van der Waals surface area contributed by atoms with Crippen molar-refractivity contribution in [2.75, 3.05) is 37.6 Å². The molecule has 0 spiro atoms. The topological polar surface area (TPSA) is 143 Å². The summed E-state index contributed by atoms with van der Waals surface area (Å²) in [4.78, 5) is 32.9. The number of methoxy groups -OCH3 is 1. The number of hydrogen-bond donors (Lipinski definition) is 1. The zero-order chi connectivity index (χ0) is 30.2. The fourth-order valence-corrected chi connectivity index (χ4v) is 4.76. The molecule has 0 aliphatic carbocycles. The van der Waals surface area contributed by atoms with Crippen molar-refractivity contribution < 1.29 is 19.0 Å². The Balaban J connectivity index is 1.59. The molecule has 4 aromatic rings. The minimum Gasteiger partial charge on any atom is -0.443 e. The van der Waals surface area contributed by atoms with Crippen LogP contribution in [0.25, 0.3) is 16.9 Å². The van der Waals surface area contributed by atoms with Crippen LogP contribution in [0.4, 0.5) is 22.1 Å². The van der Waals surface area contributed by atoms with E-state index < -0.39 is 11.7 Å². The van der Waals surface area contributed by atoms with Crippen LogP contribution in [0.15, 0.2) is 41.6 Å². The standard InChI is InChI=1S/C28H37N9O5/c1-17(2)36-15-20(32-33-36)18-14-29-37-24(34(6)27(39)42-28(3,4)5)13-23(31-25(18)37)30-19-9-8-11-35(26(19)38)21-10-12-41-16-22(21)40-7/h8-9,11,13-15,17,21-22H,10,12,16H2,1-7H3,(H,30,31)/t21?,22-/m0/s1. The van der Waals surface area contributed by atoms with E-state index >= 15 is 0 Å². The van der Waals surface area contributed by atoms with E-state index in [0.717, 1.165) is 0 Å². The molecule has 0 radical (unpaired) electrons. The van der Waals surface area contributed by atoms with Gasteiger partial charge in [0.15, 0.2) is 5.65 Å². The number of carbonyl (C=O) groups excluding carboxylic acids is 1. The molecule has 1 N–H and O–H groups in total. The van der Waals surface area contributed by atoms with Gasteiger partial charge in [0.25, 0.3) is 5.56 Å². The van der Waals surface area contributed by atoms with Gasteiger partial charge in [-0.15, -0.1) is 5.10 Å². The molecule has 14 heteroatoms. The summed E-state index contributed by atoms with van der Waals surface area (Å²) < 4.78 is 21.7. The highest BCUT2D eigenvalue weighted by Gasteiger charge is 2.29. The molecule has 0 aromatic carbocycles. The van der Waals surface area contributed by atoms with E-state index in [1.807, 2.05) is 20.0 Å². The zero-order valence-electron chi connectivity index (χ0n) is 24.9. The van der Waals surface area contributed by atoms with Crippen LogP contribution in [0, 0.1) is 0 Å². The van der Waals surface area contributed by atoms with Crippen LogP contribution in [-0.2, 0) is 14.2 Å². The summed E-state index contributed by atoms with van der Waals surface area (Å²) in [6.45, 7) is 10.4. The van der Waals surface area contributed by atoms with Crippen molar-refractivity contribution in [3.63, 3.8) is 0 Å². The molecule has 224 valence electrons. The van der Waals surface area contributed by atoms with Crippen molar-refractivity contribution in [3.8, 4) is 11.3 Å². The second-order valence-corrected chi connectivity index (χ2v) is 11.5. The average molecular weight is 580 g/mol. The Hall–Kier alpha value is -4.30. The molecule has 0 bridgehead atoms. The molecule has 1 aliphatic rings. The molecule has 5 rings (SSSR count). The lowest BCUT2D eigenvalue weighted by molar-refractivity contribution is -0.0609. The highest BCUT2D eigenvalue weighted by molar-refractivity contribution is 5.88. The van der Waals surface area contributed by atoms with Gasteiger partial charge in [0.05, 0.1) is 30.6 Å². The molecule has 42 heavy (non-hydrogen) atoms. The Labute approximate surface area is 243 Å². The van der Waals surface area contributed by atoms with E-state index in [-0.39, 0.29) is 23.7 Å². The van der Waals surface area contributed by atoms with E-state index in [9.17, 15) is 9.59 Å². The van der Waals surface area contributed by atoms with Gasteiger partial charge in [-0.1, -0.05) is 5.21 Å². The first-order valence-electron chi connectivity index (χ1n) is 13.8. The average Bonchev–Trinajstić information content (AvgIpc) is 3.60. The highest BCUT2D eigenvalue weighted by Crippen LogP contribution is 2.29. The Morgan fingerprint density at radius 1 is 1.29 bits per heavy atom. The fraction of sp³-hybridized carbons (Fsp3) is 0.500. The Kier molecular flexibility index (Phi) is 8.01. The number of aromatic nitrogens is 7. The molecular weight excluding hydrogens is 542 g/mol. The van der Waals surface area contributed by atoms with Crippen molar-refractivity contribution in [1.82, 2.24) is 34.2 Å². The van der Waals surface area contributed by atoms with Crippen molar-refractivity contribution in [2.45, 2.75) is 64.8 Å². The molecule has 0 saturated carbocycles. The van der Waals surface area contributed by atoms with Crippen LogP contribution in [-0.4, -0.2) is 79.3 Å². The van der Waals surface area contributed by atoms with E-state index in [0.29, 0.717) is 53.9 Å². The number of anilines is 3. The predicted octanol–water partition coefficient (Wildman–Crippen LogP) is 3.82. The molecular formula is C28H37N9O5. The quantitative estimate of drug-likeness (QED) is 0.343. The molecule has 1 fully saturated rings. The minimum atomic E-state index is -0.706. The molecule has 5 heterocycles. The number of amides is 1. The number of nitrogens with one attached hydrogen (secondary N) is 1. The van der Waals surface area contributed by atoms with Crippen molar-refractivity contribution in [3.05, 3.63) is 47.1 Å². The number of nitrogens with zero attached hydrogens (tertiary/aromatic N) is 8. The summed E-state index contributed by atoms with van der Waals surface area (Å²) in [5.41, 5.74) is 0.975. The van der Waals surface area contributed by atoms with Crippen LogP contribution in [0.3, 0.4) is 0 Å². The summed E-state index contributed by atoms with van der Waals surface area (Å²) in [7, 11) is 3.21. The lowest BCUT2D eigenvalue weighted by atomic mass is 10.1. The third-order valence-electron chi connectivity index (χ3n) is 6.95. The van der Waals surface area contributed by atoms with E-state index in [1.54, 1.807) is 74.8 Å². The monoisotopic (exact) mass is 579 g/mol.